The number of aromatic nitrogens is 1. The van der Waals surface area contributed by atoms with Gasteiger partial charge in [-0.2, -0.15) is 0 Å². The van der Waals surface area contributed by atoms with Gasteiger partial charge in [-0.3, -0.25) is 14.5 Å². The van der Waals surface area contributed by atoms with Crippen molar-refractivity contribution in [1.82, 2.24) is 4.98 Å². The van der Waals surface area contributed by atoms with Crippen molar-refractivity contribution in [3.05, 3.63) is 88.5 Å². The lowest BCUT2D eigenvalue weighted by Gasteiger charge is -2.24. The SMILES string of the molecule is COc1ccc2nc(N3C(=O)C(O)=C(C(=O)c4ccco4)[C@H]3c3cccc(Cl)c3)sc2c1. The van der Waals surface area contributed by atoms with Crippen molar-refractivity contribution in [2.45, 2.75) is 6.04 Å². The number of methoxy groups -OCH3 is 1. The number of aliphatic hydroxyl groups excluding tert-OH is 1. The molecule has 32 heavy (non-hydrogen) atoms. The van der Waals surface area contributed by atoms with Gasteiger partial charge in [0.05, 0.1) is 35.2 Å². The number of aliphatic hydroxyl groups is 1. The zero-order chi connectivity index (χ0) is 22.4. The summed E-state index contributed by atoms with van der Waals surface area (Å²) in [5.74, 6) is -1.29. The summed E-state index contributed by atoms with van der Waals surface area (Å²) in [6.07, 6.45) is 1.36. The lowest BCUT2D eigenvalue weighted by atomic mass is 9.95. The molecule has 4 aromatic rings. The number of ketones is 1. The van der Waals surface area contributed by atoms with Crippen LogP contribution in [-0.4, -0.2) is 28.9 Å². The highest BCUT2D eigenvalue weighted by molar-refractivity contribution is 7.22. The van der Waals surface area contributed by atoms with E-state index in [1.807, 2.05) is 6.07 Å². The normalized spacial score (nSPS) is 16.2. The summed E-state index contributed by atoms with van der Waals surface area (Å²) in [5, 5.41) is 11.5. The fourth-order valence-corrected chi connectivity index (χ4v) is 4.91. The van der Waals surface area contributed by atoms with E-state index in [2.05, 4.69) is 4.98 Å². The Morgan fingerprint density at radius 2 is 2.06 bits per heavy atom. The van der Waals surface area contributed by atoms with Gasteiger partial charge in [-0.15, -0.1) is 0 Å². The van der Waals surface area contributed by atoms with E-state index in [0.29, 0.717) is 27.0 Å². The van der Waals surface area contributed by atoms with E-state index >= 15 is 0 Å². The smallest absolute Gasteiger partial charge is 0.296 e. The number of carbonyl (C=O) groups excluding carboxylic acids is 2. The maximum Gasteiger partial charge on any atom is 0.296 e. The van der Waals surface area contributed by atoms with Crippen molar-refractivity contribution in [3.8, 4) is 5.75 Å². The van der Waals surface area contributed by atoms with Crippen molar-refractivity contribution < 1.29 is 23.8 Å². The molecule has 7 nitrogen and oxygen atoms in total. The van der Waals surface area contributed by atoms with Crippen LogP contribution in [0.5, 0.6) is 5.75 Å². The number of rotatable bonds is 5. The molecule has 9 heteroatoms. The molecule has 3 heterocycles. The standard InChI is InChI=1S/C23H15ClN2O5S/c1-30-14-7-8-15-17(11-14)32-23(25-15)26-19(12-4-2-5-13(24)10-12)18(21(28)22(26)29)20(27)16-6-3-9-31-16/h2-11,19,28H,1H3/t19-/m1/s1. The molecule has 0 bridgehead atoms. The zero-order valence-electron chi connectivity index (χ0n) is 16.6. The minimum absolute atomic E-state index is 0.0160. The molecule has 1 amide bonds. The lowest BCUT2D eigenvalue weighted by molar-refractivity contribution is -0.117. The third kappa shape index (κ3) is 3.24. The number of Topliss-reactive ketones (excluding diaryl/α,β-unsaturated/α-hetero) is 1. The molecule has 1 N–H and O–H groups in total. The van der Waals surface area contributed by atoms with E-state index in [4.69, 9.17) is 20.8 Å². The first-order chi connectivity index (χ1) is 15.5. The number of carbonyl (C=O) groups is 2. The van der Waals surface area contributed by atoms with Gasteiger partial charge < -0.3 is 14.3 Å². The second kappa shape index (κ2) is 7.81. The van der Waals surface area contributed by atoms with E-state index in [0.717, 1.165) is 4.70 Å². The summed E-state index contributed by atoms with van der Waals surface area (Å²) in [6, 6.07) is 14.3. The minimum Gasteiger partial charge on any atom is -0.503 e. The number of thiazole rings is 1. The number of nitrogens with zero attached hydrogens (tertiary/aromatic N) is 2. The van der Waals surface area contributed by atoms with Crippen LogP contribution in [0.2, 0.25) is 5.02 Å². The van der Waals surface area contributed by atoms with Crippen LogP contribution < -0.4 is 9.64 Å². The highest BCUT2D eigenvalue weighted by Crippen LogP contribution is 2.44. The van der Waals surface area contributed by atoms with Gasteiger partial charge in [0.25, 0.3) is 5.91 Å². The molecule has 0 aliphatic carbocycles. The molecule has 2 aromatic heterocycles. The number of hydrogen-bond acceptors (Lipinski definition) is 7. The molecule has 0 saturated heterocycles. The molecular formula is C23H15ClN2O5S. The van der Waals surface area contributed by atoms with E-state index in [-0.39, 0.29) is 11.3 Å². The maximum atomic E-state index is 13.2. The molecule has 0 spiro atoms. The molecule has 1 atom stereocenters. The van der Waals surface area contributed by atoms with Gasteiger partial charge in [-0.05, 0) is 48.0 Å². The first kappa shape index (κ1) is 20.3. The fraction of sp³-hybridized carbons (Fsp3) is 0.0870. The molecule has 1 aliphatic heterocycles. The van der Waals surface area contributed by atoms with Crippen LogP contribution in [-0.2, 0) is 4.79 Å². The van der Waals surface area contributed by atoms with E-state index < -0.39 is 23.5 Å². The summed E-state index contributed by atoms with van der Waals surface area (Å²) >= 11 is 7.45. The Balaban J connectivity index is 1.68. The Labute approximate surface area is 191 Å². The number of amides is 1. The van der Waals surface area contributed by atoms with Crippen LogP contribution in [0.3, 0.4) is 0 Å². The van der Waals surface area contributed by atoms with Crippen molar-refractivity contribution in [2.75, 3.05) is 12.0 Å². The number of ether oxygens (including phenoxy) is 1. The molecule has 2 aromatic carbocycles. The Bertz CT molecular complexity index is 1390. The van der Waals surface area contributed by atoms with Crippen LogP contribution in [0, 0.1) is 0 Å². The molecule has 0 fully saturated rings. The zero-order valence-corrected chi connectivity index (χ0v) is 18.2. The van der Waals surface area contributed by atoms with Crippen LogP contribution in [0.1, 0.15) is 22.2 Å². The Hall–Kier alpha value is -3.62. The topological polar surface area (TPSA) is 92.9 Å². The van der Waals surface area contributed by atoms with E-state index in [1.165, 1.54) is 28.6 Å². The number of benzene rings is 2. The Morgan fingerprint density at radius 3 is 2.78 bits per heavy atom. The minimum atomic E-state index is -0.929. The Morgan fingerprint density at radius 1 is 1.22 bits per heavy atom. The van der Waals surface area contributed by atoms with Crippen LogP contribution in [0.4, 0.5) is 5.13 Å². The molecule has 0 unspecified atom stereocenters. The third-order valence-corrected chi connectivity index (χ3v) is 6.41. The van der Waals surface area contributed by atoms with Gasteiger partial charge in [0.15, 0.2) is 16.7 Å². The average molecular weight is 467 g/mol. The van der Waals surface area contributed by atoms with Gasteiger partial charge in [-0.25, -0.2) is 4.98 Å². The van der Waals surface area contributed by atoms with E-state index in [1.54, 1.807) is 49.6 Å². The third-order valence-electron chi connectivity index (χ3n) is 5.15. The number of furan rings is 1. The second-order valence-corrected chi connectivity index (χ2v) is 8.48. The quantitative estimate of drug-likeness (QED) is 0.399. The summed E-state index contributed by atoms with van der Waals surface area (Å²) in [7, 11) is 1.57. The van der Waals surface area contributed by atoms with Crippen molar-refractivity contribution in [1.29, 1.82) is 0 Å². The molecule has 5 rings (SSSR count). The first-order valence-electron chi connectivity index (χ1n) is 9.53. The summed E-state index contributed by atoms with van der Waals surface area (Å²) in [5.41, 5.74) is 1.12. The summed E-state index contributed by atoms with van der Waals surface area (Å²) in [4.78, 5) is 32.3. The number of halogens is 1. The van der Waals surface area contributed by atoms with Crippen molar-refractivity contribution in [3.63, 3.8) is 0 Å². The van der Waals surface area contributed by atoms with Gasteiger partial charge in [0.2, 0.25) is 5.78 Å². The molecule has 1 aliphatic rings. The highest BCUT2D eigenvalue weighted by atomic mass is 35.5. The molecule has 160 valence electrons. The highest BCUT2D eigenvalue weighted by Gasteiger charge is 2.46. The average Bonchev–Trinajstić information content (AvgIpc) is 3.51. The predicted octanol–water partition coefficient (Wildman–Crippen LogP) is 5.33. The fourth-order valence-electron chi connectivity index (χ4n) is 3.69. The number of anilines is 1. The summed E-state index contributed by atoms with van der Waals surface area (Å²) < 4.78 is 11.3. The van der Waals surface area contributed by atoms with Crippen LogP contribution >= 0.6 is 22.9 Å². The monoisotopic (exact) mass is 466 g/mol. The maximum absolute atomic E-state index is 13.2. The largest absolute Gasteiger partial charge is 0.503 e. The van der Waals surface area contributed by atoms with Gasteiger partial charge in [0, 0.05) is 5.02 Å². The molecule has 0 radical (unpaired) electrons. The number of fused-ring (bicyclic) bond motifs is 1. The lowest BCUT2D eigenvalue weighted by Crippen LogP contribution is -2.30. The molecule has 0 saturated carbocycles. The van der Waals surface area contributed by atoms with Gasteiger partial charge in [-0.1, -0.05) is 35.1 Å². The van der Waals surface area contributed by atoms with Crippen molar-refractivity contribution >= 4 is 50.0 Å². The predicted molar refractivity (Wildman–Crippen MR) is 121 cm³/mol. The van der Waals surface area contributed by atoms with Crippen LogP contribution in [0.25, 0.3) is 10.2 Å². The number of hydrogen-bond donors (Lipinski definition) is 1. The first-order valence-corrected chi connectivity index (χ1v) is 10.7. The molecular weight excluding hydrogens is 452 g/mol. The summed E-state index contributed by atoms with van der Waals surface area (Å²) in [6.45, 7) is 0. The second-order valence-electron chi connectivity index (χ2n) is 7.03. The van der Waals surface area contributed by atoms with E-state index in [9.17, 15) is 14.7 Å². The Kier molecular flexibility index (Phi) is 4.96. The van der Waals surface area contributed by atoms with Crippen LogP contribution in [0.15, 0.2) is 76.6 Å². The van der Waals surface area contributed by atoms with Crippen molar-refractivity contribution in [2.24, 2.45) is 0 Å². The van der Waals surface area contributed by atoms with Gasteiger partial charge in [0.1, 0.15) is 5.75 Å². The van der Waals surface area contributed by atoms with Gasteiger partial charge >= 0.3 is 0 Å².